The molecule has 2 aromatic carbocycles. The summed E-state index contributed by atoms with van der Waals surface area (Å²) in [4.78, 5) is 17.2. The van der Waals surface area contributed by atoms with Crippen LogP contribution in [0.4, 0.5) is 0 Å². The lowest BCUT2D eigenvalue weighted by Crippen LogP contribution is -2.04. The smallest absolute Gasteiger partial charge is 0.231 e. The molecule has 0 fully saturated rings. The number of hydrogen-bond donors (Lipinski definition) is 0. The first-order valence-electron chi connectivity index (χ1n) is 8.00. The molecule has 0 spiro atoms. The van der Waals surface area contributed by atoms with E-state index in [1.165, 1.54) is 6.07 Å². The van der Waals surface area contributed by atoms with Crippen molar-refractivity contribution in [2.24, 2.45) is 0 Å². The van der Waals surface area contributed by atoms with Crippen molar-refractivity contribution in [2.75, 3.05) is 0 Å². The molecule has 5 heteroatoms. The number of furan rings is 1. The minimum absolute atomic E-state index is 0.183. The Morgan fingerprint density at radius 3 is 2.46 bits per heavy atom. The van der Waals surface area contributed by atoms with E-state index >= 15 is 0 Å². The van der Waals surface area contributed by atoms with Crippen LogP contribution < -0.4 is 5.43 Å². The minimum Gasteiger partial charge on any atom is -0.454 e. The molecule has 0 radical (unpaired) electrons. The predicted octanol–water partition coefficient (Wildman–Crippen LogP) is 4.63. The molecule has 0 amide bonds. The second-order valence-electron chi connectivity index (χ2n) is 5.92. The van der Waals surface area contributed by atoms with Crippen LogP contribution in [0.25, 0.3) is 44.5 Å². The Bertz CT molecular complexity index is 1390. The zero-order valence-corrected chi connectivity index (χ0v) is 13.4. The number of fused-ring (bicyclic) bond motifs is 3. The van der Waals surface area contributed by atoms with Gasteiger partial charge in [-0.3, -0.25) is 4.79 Å². The van der Waals surface area contributed by atoms with Gasteiger partial charge in [0, 0.05) is 5.39 Å². The Morgan fingerprint density at radius 2 is 1.65 bits per heavy atom. The zero-order valence-electron chi connectivity index (χ0n) is 13.4. The summed E-state index contributed by atoms with van der Waals surface area (Å²) in [6.45, 7) is 0. The van der Waals surface area contributed by atoms with Crippen molar-refractivity contribution in [1.29, 1.82) is 5.26 Å². The summed E-state index contributed by atoms with van der Waals surface area (Å²) in [6.07, 6.45) is 0. The second kappa shape index (κ2) is 5.30. The molecule has 0 atom stereocenters. The van der Waals surface area contributed by atoms with Gasteiger partial charge in [-0.05, 0) is 30.3 Å². The summed E-state index contributed by atoms with van der Waals surface area (Å²) >= 11 is 0. The van der Waals surface area contributed by atoms with Gasteiger partial charge in [-0.2, -0.15) is 5.26 Å². The number of aromatic nitrogens is 1. The minimum atomic E-state index is -0.206. The van der Waals surface area contributed by atoms with Crippen molar-refractivity contribution in [2.45, 2.75) is 0 Å². The van der Waals surface area contributed by atoms with Gasteiger partial charge in [0.25, 0.3) is 0 Å². The Morgan fingerprint density at radius 1 is 0.885 bits per heavy atom. The first kappa shape index (κ1) is 14.4. The lowest BCUT2D eigenvalue weighted by atomic mass is 10.1. The monoisotopic (exact) mass is 338 g/mol. The summed E-state index contributed by atoms with van der Waals surface area (Å²) in [5, 5.41) is 11.2. The number of pyridine rings is 1. The maximum Gasteiger partial charge on any atom is 0.231 e. The van der Waals surface area contributed by atoms with E-state index in [0.717, 1.165) is 5.39 Å². The normalized spacial score (nSPS) is 11.2. The second-order valence-corrected chi connectivity index (χ2v) is 5.92. The van der Waals surface area contributed by atoms with Crippen LogP contribution in [0.1, 0.15) is 5.56 Å². The fraction of sp³-hybridized carbons (Fsp3) is 0. The Labute approximate surface area is 146 Å². The Kier molecular flexibility index (Phi) is 2.94. The first-order valence-corrected chi connectivity index (χ1v) is 8.00. The maximum atomic E-state index is 12.7. The van der Waals surface area contributed by atoms with E-state index in [0.29, 0.717) is 28.0 Å². The van der Waals surface area contributed by atoms with Crippen LogP contribution in [0.2, 0.25) is 0 Å². The third-order valence-corrected chi connectivity index (χ3v) is 4.35. The standard InChI is InChI=1S/C21H10N2O3/c22-11-13-9-15-20(24)14-6-2-4-8-17(14)26-21(15)23-19(13)18-10-12-5-1-3-7-16(12)25-18/h1-10H. The van der Waals surface area contributed by atoms with Crippen molar-refractivity contribution < 1.29 is 8.83 Å². The van der Waals surface area contributed by atoms with Crippen LogP contribution >= 0.6 is 0 Å². The first-order chi connectivity index (χ1) is 12.7. The average Bonchev–Trinajstić information content (AvgIpc) is 3.11. The van der Waals surface area contributed by atoms with Crippen molar-refractivity contribution in [1.82, 2.24) is 4.98 Å². The number of nitriles is 1. The lowest BCUT2D eigenvalue weighted by molar-refractivity contribution is 0.622. The van der Waals surface area contributed by atoms with Crippen LogP contribution in [0, 0.1) is 11.3 Å². The number of para-hydroxylation sites is 2. The predicted molar refractivity (Wildman–Crippen MR) is 97.7 cm³/mol. The van der Waals surface area contributed by atoms with Crippen molar-refractivity contribution in [3.8, 4) is 17.5 Å². The van der Waals surface area contributed by atoms with E-state index in [9.17, 15) is 10.1 Å². The molecular formula is C21H10N2O3. The number of benzene rings is 2. The maximum absolute atomic E-state index is 12.7. The van der Waals surface area contributed by atoms with Gasteiger partial charge in [0.05, 0.1) is 16.3 Å². The molecule has 5 rings (SSSR count). The van der Waals surface area contributed by atoms with E-state index in [-0.39, 0.29) is 22.1 Å². The molecule has 0 aliphatic carbocycles. The largest absolute Gasteiger partial charge is 0.454 e. The van der Waals surface area contributed by atoms with Gasteiger partial charge < -0.3 is 8.83 Å². The molecule has 0 N–H and O–H groups in total. The molecule has 0 aliphatic rings. The Hall–Kier alpha value is -3.91. The highest BCUT2D eigenvalue weighted by molar-refractivity contribution is 5.91. The van der Waals surface area contributed by atoms with Gasteiger partial charge >= 0.3 is 0 Å². The summed E-state index contributed by atoms with van der Waals surface area (Å²) in [5.41, 5.74) is 1.75. The summed E-state index contributed by atoms with van der Waals surface area (Å²) in [6, 6.07) is 20.0. The molecule has 26 heavy (non-hydrogen) atoms. The topological polar surface area (TPSA) is 80.0 Å². The third-order valence-electron chi connectivity index (χ3n) is 4.35. The van der Waals surface area contributed by atoms with Gasteiger partial charge in [0.1, 0.15) is 22.9 Å². The van der Waals surface area contributed by atoms with Gasteiger partial charge in [-0.1, -0.05) is 30.3 Å². The van der Waals surface area contributed by atoms with Crippen LogP contribution in [-0.4, -0.2) is 4.98 Å². The lowest BCUT2D eigenvalue weighted by Gasteiger charge is -2.04. The molecule has 5 nitrogen and oxygen atoms in total. The van der Waals surface area contributed by atoms with Gasteiger partial charge in [0.15, 0.2) is 5.76 Å². The summed E-state index contributed by atoms with van der Waals surface area (Å²) in [5.74, 6) is 0.459. The van der Waals surface area contributed by atoms with Crippen molar-refractivity contribution >= 4 is 33.0 Å². The third kappa shape index (κ3) is 2.03. The van der Waals surface area contributed by atoms with E-state index in [1.54, 1.807) is 24.3 Å². The molecule has 0 unspecified atom stereocenters. The van der Waals surface area contributed by atoms with E-state index in [2.05, 4.69) is 11.1 Å². The SMILES string of the molecule is N#Cc1cc2c(=O)c3ccccc3oc2nc1-c1cc2ccccc2o1. The van der Waals surface area contributed by atoms with Crippen LogP contribution in [0.15, 0.2) is 74.3 Å². The summed E-state index contributed by atoms with van der Waals surface area (Å²) < 4.78 is 11.6. The fourth-order valence-corrected chi connectivity index (χ4v) is 3.10. The molecule has 3 heterocycles. The van der Waals surface area contributed by atoms with Gasteiger partial charge in [-0.25, -0.2) is 4.98 Å². The summed E-state index contributed by atoms with van der Waals surface area (Å²) in [7, 11) is 0. The zero-order chi connectivity index (χ0) is 17.7. The molecule has 3 aromatic heterocycles. The quantitative estimate of drug-likeness (QED) is 0.416. The number of nitrogens with zero attached hydrogens (tertiary/aromatic N) is 2. The van der Waals surface area contributed by atoms with Crippen LogP contribution in [0.5, 0.6) is 0 Å². The molecular weight excluding hydrogens is 328 g/mol. The average molecular weight is 338 g/mol. The van der Waals surface area contributed by atoms with Crippen molar-refractivity contribution in [3.63, 3.8) is 0 Å². The molecule has 0 bridgehead atoms. The highest BCUT2D eigenvalue weighted by atomic mass is 16.3. The molecule has 0 saturated heterocycles. The molecule has 0 saturated carbocycles. The number of rotatable bonds is 1. The van der Waals surface area contributed by atoms with Crippen LogP contribution in [0.3, 0.4) is 0 Å². The molecule has 5 aromatic rings. The highest BCUT2D eigenvalue weighted by Crippen LogP contribution is 2.30. The fourth-order valence-electron chi connectivity index (χ4n) is 3.10. The van der Waals surface area contributed by atoms with Crippen molar-refractivity contribution in [3.05, 3.63) is 76.5 Å². The van der Waals surface area contributed by atoms with E-state index in [4.69, 9.17) is 8.83 Å². The number of hydrogen-bond acceptors (Lipinski definition) is 5. The van der Waals surface area contributed by atoms with Gasteiger partial charge in [0.2, 0.25) is 11.1 Å². The molecule has 122 valence electrons. The van der Waals surface area contributed by atoms with Gasteiger partial charge in [-0.15, -0.1) is 0 Å². The molecule has 0 aliphatic heterocycles. The highest BCUT2D eigenvalue weighted by Gasteiger charge is 2.17. The van der Waals surface area contributed by atoms with Crippen LogP contribution in [-0.2, 0) is 0 Å². The van der Waals surface area contributed by atoms with E-state index in [1.807, 2.05) is 30.3 Å². The van der Waals surface area contributed by atoms with E-state index < -0.39 is 0 Å². The Balaban J connectivity index is 1.86.